The summed E-state index contributed by atoms with van der Waals surface area (Å²) in [4.78, 5) is 0. The van der Waals surface area contributed by atoms with Crippen LogP contribution in [-0.4, -0.2) is 14.2 Å². The molecule has 0 unspecified atom stereocenters. The second kappa shape index (κ2) is 3.17. The van der Waals surface area contributed by atoms with E-state index in [1.54, 1.807) is 0 Å². The second-order valence-corrected chi connectivity index (χ2v) is 4.53. The molecule has 3 nitrogen and oxygen atoms in total. The zero-order valence-electron chi connectivity index (χ0n) is 5.92. The number of hydrogen-bond acceptors (Lipinski definition) is 2. The molecule has 0 amide bonds. The Morgan fingerprint density at radius 3 is 2.00 bits per heavy atom. The van der Waals surface area contributed by atoms with Crippen molar-refractivity contribution in [2.45, 2.75) is 20.3 Å². The van der Waals surface area contributed by atoms with Crippen molar-refractivity contribution in [2.24, 2.45) is 5.92 Å². The lowest BCUT2D eigenvalue weighted by molar-refractivity contribution is -0.164. The van der Waals surface area contributed by atoms with Crippen molar-refractivity contribution in [3.05, 3.63) is 0 Å². The van der Waals surface area contributed by atoms with Crippen LogP contribution in [0.2, 0.25) is 0 Å². The van der Waals surface area contributed by atoms with Crippen molar-refractivity contribution in [3.8, 4) is 0 Å². The van der Waals surface area contributed by atoms with E-state index in [0.29, 0.717) is 12.3 Å². The van der Waals surface area contributed by atoms with Gasteiger partial charge in [-0.05, 0) is 12.3 Å². The largest absolute Gasteiger partial charge is 0.292 e. The number of hydrogen-bond donors (Lipinski definition) is 1. The van der Waals surface area contributed by atoms with E-state index in [0.717, 1.165) is 0 Å². The maximum absolute atomic E-state index is 10.4. The molecule has 3 N–H and O–H groups in total. The van der Waals surface area contributed by atoms with Gasteiger partial charge in [0.05, 0.1) is 0 Å². The molecule has 0 aliphatic rings. The fraction of sp³-hybridized carbons (Fsp3) is 1.00. The number of quaternary nitrogens is 1. The van der Waals surface area contributed by atoms with Crippen molar-refractivity contribution >= 4 is 10.0 Å². The molecule has 4 heteroatoms. The molecule has 0 atom stereocenters. The van der Waals surface area contributed by atoms with E-state index in [1.807, 2.05) is 13.8 Å². The lowest BCUT2D eigenvalue weighted by Gasteiger charge is -1.98. The molecular formula is C5H14NO2S+. The Balaban J connectivity index is 3.53. The van der Waals surface area contributed by atoms with Crippen LogP contribution >= 0.6 is 0 Å². The normalized spacial score (nSPS) is 12.4. The molecule has 0 aromatic rings. The zero-order valence-corrected chi connectivity index (χ0v) is 6.74. The third-order valence-corrected chi connectivity index (χ3v) is 1.86. The summed E-state index contributed by atoms with van der Waals surface area (Å²) in [6.45, 7) is 3.98. The van der Waals surface area contributed by atoms with Gasteiger partial charge < -0.3 is 0 Å². The highest BCUT2D eigenvalue weighted by molar-refractivity contribution is 7.84. The fourth-order valence-corrected chi connectivity index (χ4v) is 1.25. The van der Waals surface area contributed by atoms with Crippen LogP contribution in [0.5, 0.6) is 0 Å². The molecular weight excluding hydrogens is 138 g/mol. The molecule has 0 fully saturated rings. The van der Waals surface area contributed by atoms with Gasteiger partial charge in [0.1, 0.15) is 5.75 Å². The Morgan fingerprint density at radius 1 is 1.44 bits per heavy atom. The third kappa shape index (κ3) is 7.91. The summed E-state index contributed by atoms with van der Waals surface area (Å²) in [6, 6.07) is 0. The third-order valence-electron chi connectivity index (χ3n) is 1.01. The summed E-state index contributed by atoms with van der Waals surface area (Å²) < 4.78 is 20.8. The minimum Gasteiger partial charge on any atom is -0.252 e. The van der Waals surface area contributed by atoms with Gasteiger partial charge in [-0.2, -0.15) is 8.42 Å². The Kier molecular flexibility index (Phi) is 3.14. The van der Waals surface area contributed by atoms with Gasteiger partial charge in [-0.1, -0.05) is 13.8 Å². The minimum absolute atomic E-state index is 0.213. The van der Waals surface area contributed by atoms with Crippen molar-refractivity contribution in [1.82, 2.24) is 0 Å². The summed E-state index contributed by atoms with van der Waals surface area (Å²) in [6.07, 6.45) is 0.714. The lowest BCUT2D eigenvalue weighted by Crippen LogP contribution is -2.57. The van der Waals surface area contributed by atoms with Crippen LogP contribution in [-0.2, 0) is 10.0 Å². The molecule has 0 rings (SSSR count). The van der Waals surface area contributed by atoms with E-state index in [1.165, 1.54) is 0 Å². The molecule has 56 valence electrons. The van der Waals surface area contributed by atoms with Gasteiger partial charge in [0.25, 0.3) is 10.0 Å². The van der Waals surface area contributed by atoms with E-state index in [2.05, 4.69) is 5.14 Å². The van der Waals surface area contributed by atoms with Gasteiger partial charge in [0.2, 0.25) is 0 Å². The monoisotopic (exact) mass is 152 g/mol. The highest BCUT2D eigenvalue weighted by Crippen LogP contribution is 1.98. The van der Waals surface area contributed by atoms with Gasteiger partial charge in [-0.15, -0.1) is 0 Å². The van der Waals surface area contributed by atoms with E-state index < -0.39 is 10.0 Å². The molecule has 9 heavy (non-hydrogen) atoms. The zero-order chi connectivity index (χ0) is 7.49. The molecule has 0 saturated heterocycles. The standard InChI is InChI=1S/C5H13NO2S/c1-5(2)3-4-9(6,7)8/h5H,3-4H2,1-2H3,(H2,6,7,8)/p+1. The first-order valence-corrected chi connectivity index (χ1v) is 4.79. The highest BCUT2D eigenvalue weighted by atomic mass is 32.2. The summed E-state index contributed by atoms with van der Waals surface area (Å²) >= 11 is 0. The maximum Gasteiger partial charge on any atom is 0.292 e. The van der Waals surface area contributed by atoms with Crippen molar-refractivity contribution in [1.29, 1.82) is 0 Å². The van der Waals surface area contributed by atoms with Gasteiger partial charge in [-0.3, -0.25) is 5.14 Å². The predicted octanol–water partition coefficient (Wildman–Crippen LogP) is -0.396. The van der Waals surface area contributed by atoms with E-state index in [4.69, 9.17) is 0 Å². The quantitative estimate of drug-likeness (QED) is 0.598. The summed E-state index contributed by atoms with van der Waals surface area (Å²) in [5.74, 6) is 0.659. The molecule has 0 aromatic heterocycles. The van der Waals surface area contributed by atoms with Crippen LogP contribution in [0.3, 0.4) is 0 Å². The Morgan fingerprint density at radius 2 is 1.89 bits per heavy atom. The molecule has 0 aliphatic carbocycles. The smallest absolute Gasteiger partial charge is 0.252 e. The van der Waals surface area contributed by atoms with Crippen molar-refractivity contribution in [3.63, 3.8) is 0 Å². The average molecular weight is 152 g/mol. The van der Waals surface area contributed by atoms with Gasteiger partial charge in [0, 0.05) is 0 Å². The van der Waals surface area contributed by atoms with E-state index >= 15 is 0 Å². The molecule has 0 saturated carbocycles. The molecule has 0 aromatic carbocycles. The average Bonchev–Trinajstić information content (AvgIpc) is 1.59. The van der Waals surface area contributed by atoms with E-state index in [-0.39, 0.29) is 5.75 Å². The van der Waals surface area contributed by atoms with Gasteiger partial charge >= 0.3 is 0 Å². The summed E-state index contributed by atoms with van der Waals surface area (Å²) in [5, 5.41) is 3.01. The second-order valence-electron chi connectivity index (χ2n) is 2.63. The predicted molar refractivity (Wildman–Crippen MR) is 36.1 cm³/mol. The maximum atomic E-state index is 10.4. The Bertz CT molecular complexity index is 160. The van der Waals surface area contributed by atoms with Gasteiger partial charge in [0.15, 0.2) is 0 Å². The van der Waals surface area contributed by atoms with Crippen molar-refractivity contribution in [2.75, 3.05) is 5.75 Å². The fourth-order valence-electron chi connectivity index (χ4n) is 0.415. The van der Waals surface area contributed by atoms with Crippen LogP contribution in [0.1, 0.15) is 20.3 Å². The van der Waals surface area contributed by atoms with E-state index in [9.17, 15) is 8.42 Å². The van der Waals surface area contributed by atoms with Crippen LogP contribution < -0.4 is 5.14 Å². The SMILES string of the molecule is CC(C)CCS([NH3+])(=O)=O. The highest BCUT2D eigenvalue weighted by Gasteiger charge is 2.06. The lowest BCUT2D eigenvalue weighted by atomic mass is 10.2. The first-order valence-electron chi connectivity index (χ1n) is 2.97. The number of sulfonamides is 1. The topological polar surface area (TPSA) is 61.8 Å². The van der Waals surface area contributed by atoms with Crippen LogP contribution in [0.25, 0.3) is 0 Å². The Labute approximate surface area is 56.3 Å². The van der Waals surface area contributed by atoms with Crippen LogP contribution in [0, 0.1) is 5.92 Å². The van der Waals surface area contributed by atoms with Crippen molar-refractivity contribution < 1.29 is 13.6 Å². The summed E-state index contributed by atoms with van der Waals surface area (Å²) in [7, 11) is -2.97. The molecule has 0 heterocycles. The van der Waals surface area contributed by atoms with Gasteiger partial charge in [-0.25, -0.2) is 0 Å². The van der Waals surface area contributed by atoms with Crippen LogP contribution in [0.4, 0.5) is 0 Å². The molecule has 0 radical (unpaired) electrons. The molecule has 0 bridgehead atoms. The summed E-state index contributed by atoms with van der Waals surface area (Å²) in [5.41, 5.74) is 0. The first kappa shape index (κ1) is 8.91. The molecule has 0 aliphatic heterocycles. The Hall–Kier alpha value is -0.0900. The first-order chi connectivity index (χ1) is 3.92. The molecule has 0 spiro atoms. The number of rotatable bonds is 3. The van der Waals surface area contributed by atoms with Crippen LogP contribution in [0.15, 0.2) is 0 Å². The minimum atomic E-state index is -2.97.